The zero-order valence-electron chi connectivity index (χ0n) is 39.4. The lowest BCUT2D eigenvalue weighted by molar-refractivity contribution is -0.139. The number of nitrogen functional groups attached to an aromatic ring is 2. The largest absolute Gasteiger partial charge is 0.480 e. The number of aryl methyl sites for hydroxylation is 2. The van der Waals surface area contributed by atoms with Gasteiger partial charge in [-0.2, -0.15) is 9.97 Å². The molecule has 4 aromatic rings. The Labute approximate surface area is 407 Å². The number of benzene rings is 2. The number of carboxylic acid groups (broad SMARTS) is 2. The van der Waals surface area contributed by atoms with E-state index in [1.54, 1.807) is 44.3 Å². The Hall–Kier alpha value is -8.54. The van der Waals surface area contributed by atoms with Crippen molar-refractivity contribution in [2.75, 3.05) is 29.9 Å². The molecular weight excluding hydrogens is 921 g/mol. The Morgan fingerprint density at radius 1 is 0.817 bits per heavy atom. The van der Waals surface area contributed by atoms with Gasteiger partial charge < -0.3 is 53.7 Å². The zero-order chi connectivity index (χ0) is 51.9. The first-order valence-corrected chi connectivity index (χ1v) is 22.7. The molecule has 5 rings (SSSR count). The van der Waals surface area contributed by atoms with Gasteiger partial charge in [0, 0.05) is 54.7 Å². The van der Waals surface area contributed by atoms with Crippen LogP contribution >= 0.6 is 0 Å². The Morgan fingerprint density at radius 3 is 2.18 bits per heavy atom. The lowest BCUT2D eigenvalue weighted by Crippen LogP contribution is -2.53. The third-order valence-electron chi connectivity index (χ3n) is 11.2. The maximum Gasteiger partial charge on any atom is 0.336 e. The molecule has 0 unspecified atom stereocenters. The number of imide groups is 1. The summed E-state index contributed by atoms with van der Waals surface area (Å²) in [7, 11) is 0. The molecular formula is C47H58N14O10. The van der Waals surface area contributed by atoms with Gasteiger partial charge >= 0.3 is 11.9 Å². The molecule has 2 aromatic carbocycles. The summed E-state index contributed by atoms with van der Waals surface area (Å²) in [6.45, 7) is 5.19. The lowest BCUT2D eigenvalue weighted by atomic mass is 10.0. The van der Waals surface area contributed by atoms with Crippen LogP contribution in [0.4, 0.5) is 17.5 Å². The average molecular weight is 979 g/mol. The second-order valence-electron chi connectivity index (χ2n) is 17.1. The van der Waals surface area contributed by atoms with E-state index in [4.69, 9.17) is 23.0 Å². The van der Waals surface area contributed by atoms with E-state index in [0.29, 0.717) is 43.3 Å². The Kier molecular flexibility index (Phi) is 18.5. The number of carboxylic acids is 2. The number of rotatable bonds is 25. The molecule has 0 radical (unpaired) electrons. The van der Waals surface area contributed by atoms with E-state index in [9.17, 15) is 48.6 Å². The third kappa shape index (κ3) is 15.2. The van der Waals surface area contributed by atoms with Gasteiger partial charge in [0.25, 0.3) is 17.7 Å². The molecule has 3 atom stereocenters. The van der Waals surface area contributed by atoms with Crippen molar-refractivity contribution in [3.63, 3.8) is 0 Å². The number of nitrogens with zero attached hydrogens (tertiary/aromatic N) is 6. The van der Waals surface area contributed by atoms with Crippen molar-refractivity contribution in [1.29, 1.82) is 0 Å². The maximum atomic E-state index is 13.2. The molecule has 24 nitrogen and oxygen atoms in total. The molecule has 1 aliphatic heterocycles. The number of aromatic carboxylic acids is 1. The van der Waals surface area contributed by atoms with Crippen LogP contribution in [-0.2, 0) is 41.6 Å². The van der Waals surface area contributed by atoms with Crippen molar-refractivity contribution in [2.24, 2.45) is 17.5 Å². The van der Waals surface area contributed by atoms with Gasteiger partial charge in [0.15, 0.2) is 17.0 Å². The number of hydrogen-bond donors (Lipinski definition) is 10. The van der Waals surface area contributed by atoms with Crippen molar-refractivity contribution in [3.8, 4) is 0 Å². The van der Waals surface area contributed by atoms with E-state index in [0.717, 1.165) is 15.5 Å². The standard InChI is InChI=1S/C47H58N14O10/c1-25(2)38(57-35(62)9-5-4-6-21-61-36(63)18-19-37(61)64)44(67)53-26(3)42(65)55-29-16-17-31(32(22-29)45(68)69)33(48)24-60(51)20-7-8-34(46(70)71)56-43(66)28-13-10-27(11-14-28)12-15-30-23-52-41-39(54-30)40(49)58-47(50)59-41/h10-11,13-14,16-19,22-26,34,38H,4-9,12,15,20-21,48,51H2,1-3H3,(H,53,67)(H,55,65)(H,56,66)(H,57,62)(H,68,69)(H,70,71)(H4,49,50,52,58,59)/b33-24-/t26-,34-,38-/m0/s1. The number of carbonyl (C=O) groups excluding carboxylic acids is 6. The molecule has 0 bridgehead atoms. The van der Waals surface area contributed by atoms with E-state index in [-0.39, 0.29) is 101 Å². The first-order chi connectivity index (χ1) is 33.7. The van der Waals surface area contributed by atoms with Crippen molar-refractivity contribution < 1.29 is 48.6 Å². The molecule has 1 aliphatic rings. The number of carbonyl (C=O) groups is 8. The number of fused-ring (bicyclic) bond motifs is 1. The van der Waals surface area contributed by atoms with Crippen molar-refractivity contribution in [2.45, 2.75) is 90.3 Å². The van der Waals surface area contributed by atoms with Crippen LogP contribution in [0, 0.1) is 5.92 Å². The normalized spacial score (nSPS) is 13.7. The predicted molar refractivity (Wildman–Crippen MR) is 260 cm³/mol. The van der Waals surface area contributed by atoms with E-state index in [1.165, 1.54) is 43.5 Å². The lowest BCUT2D eigenvalue weighted by Gasteiger charge is -2.24. The van der Waals surface area contributed by atoms with Crippen LogP contribution in [0.2, 0.25) is 0 Å². The summed E-state index contributed by atoms with van der Waals surface area (Å²) in [5.41, 5.74) is 20.0. The van der Waals surface area contributed by atoms with Crippen molar-refractivity contribution in [3.05, 3.63) is 95.0 Å². The summed E-state index contributed by atoms with van der Waals surface area (Å²) in [5, 5.41) is 31.4. The summed E-state index contributed by atoms with van der Waals surface area (Å²) < 4.78 is 0. The molecule has 24 heteroatoms. The van der Waals surface area contributed by atoms with Gasteiger partial charge in [-0.25, -0.2) is 25.4 Å². The highest BCUT2D eigenvalue weighted by Crippen LogP contribution is 2.22. The predicted octanol–water partition coefficient (Wildman–Crippen LogP) is 1.23. The third-order valence-corrected chi connectivity index (χ3v) is 11.2. The van der Waals surface area contributed by atoms with Gasteiger partial charge in [-0.3, -0.25) is 33.7 Å². The number of amides is 6. The minimum Gasteiger partial charge on any atom is -0.480 e. The van der Waals surface area contributed by atoms with Crippen LogP contribution in [0.1, 0.15) is 96.8 Å². The van der Waals surface area contributed by atoms with E-state index in [2.05, 4.69) is 41.2 Å². The molecule has 376 valence electrons. The summed E-state index contributed by atoms with van der Waals surface area (Å²) in [4.78, 5) is 118. The molecule has 71 heavy (non-hydrogen) atoms. The minimum absolute atomic E-state index is 0.00292. The quantitative estimate of drug-likeness (QED) is 0.0193. The Bertz CT molecular complexity index is 2710. The number of hydrogen-bond acceptors (Lipinski definition) is 17. The van der Waals surface area contributed by atoms with Crippen LogP contribution in [0.3, 0.4) is 0 Å². The van der Waals surface area contributed by atoms with Crippen LogP contribution in [-0.4, -0.2) is 119 Å². The fourth-order valence-corrected chi connectivity index (χ4v) is 7.32. The van der Waals surface area contributed by atoms with Gasteiger partial charge in [0.2, 0.25) is 23.7 Å². The monoisotopic (exact) mass is 978 g/mol. The maximum absolute atomic E-state index is 13.2. The van der Waals surface area contributed by atoms with E-state index >= 15 is 0 Å². The highest BCUT2D eigenvalue weighted by atomic mass is 16.4. The van der Waals surface area contributed by atoms with Crippen molar-refractivity contribution in [1.82, 2.24) is 45.8 Å². The van der Waals surface area contributed by atoms with Gasteiger partial charge in [0.1, 0.15) is 18.1 Å². The number of unbranched alkanes of at least 4 members (excludes halogenated alkanes) is 2. The summed E-state index contributed by atoms with van der Waals surface area (Å²) in [5.74, 6) is 0.272. The smallest absolute Gasteiger partial charge is 0.336 e. The second kappa shape index (κ2) is 24.7. The van der Waals surface area contributed by atoms with Crippen LogP contribution in [0.5, 0.6) is 0 Å². The summed E-state index contributed by atoms with van der Waals surface area (Å²) in [6, 6.07) is 7.28. The number of nitrogens with one attached hydrogen (secondary N) is 4. The SMILES string of the molecule is CC(C)[C@H](NC(=O)CCCCCN1C(=O)C=CC1=O)C(=O)N[C@@H](C)C(=O)Nc1ccc(/C(N)=C/N(N)CCC[C@H](NC(=O)c2ccc(CCc3cnc4nc(N)nc(N)c4n3)cc2)C(=O)O)c(C(=O)O)c1. The molecule has 0 aliphatic carbocycles. The van der Waals surface area contributed by atoms with E-state index in [1.807, 2.05) is 0 Å². The number of anilines is 3. The number of aliphatic carboxylic acids is 1. The number of aromatic nitrogens is 4. The first kappa shape index (κ1) is 53.4. The van der Waals surface area contributed by atoms with Gasteiger partial charge in [-0.05, 0) is 87.3 Å². The Morgan fingerprint density at radius 2 is 1.52 bits per heavy atom. The minimum atomic E-state index is -1.37. The first-order valence-electron chi connectivity index (χ1n) is 22.7. The van der Waals surface area contributed by atoms with Crippen LogP contribution in [0.25, 0.3) is 16.9 Å². The molecule has 0 saturated carbocycles. The van der Waals surface area contributed by atoms with E-state index < -0.39 is 47.8 Å². The van der Waals surface area contributed by atoms with Crippen LogP contribution in [0.15, 0.2) is 67.0 Å². The van der Waals surface area contributed by atoms with Gasteiger partial charge in [-0.1, -0.05) is 32.4 Å². The molecule has 0 fully saturated rings. The fraction of sp³-hybridized carbons (Fsp3) is 0.362. The molecule has 3 heterocycles. The van der Waals surface area contributed by atoms with Crippen molar-refractivity contribution >= 4 is 81.7 Å². The number of nitrogens with two attached hydrogens (primary N) is 4. The average Bonchev–Trinajstić information content (AvgIpc) is 3.64. The number of hydrazine groups is 1. The second-order valence-corrected chi connectivity index (χ2v) is 17.1. The van der Waals surface area contributed by atoms with Gasteiger partial charge in [-0.15, -0.1) is 0 Å². The van der Waals surface area contributed by atoms with Crippen LogP contribution < -0.4 is 44.3 Å². The van der Waals surface area contributed by atoms with Gasteiger partial charge in [0.05, 0.1) is 23.2 Å². The highest BCUT2D eigenvalue weighted by molar-refractivity contribution is 6.12. The molecule has 0 saturated heterocycles. The summed E-state index contributed by atoms with van der Waals surface area (Å²) in [6.07, 6.45) is 8.13. The Balaban J connectivity index is 1.07. The molecule has 6 amide bonds. The molecule has 2 aromatic heterocycles. The topological polar surface area (TPSA) is 387 Å². The fourth-order valence-electron chi connectivity index (χ4n) is 7.32. The molecule has 0 spiro atoms. The molecule has 14 N–H and O–H groups in total. The summed E-state index contributed by atoms with van der Waals surface area (Å²) >= 11 is 0. The zero-order valence-corrected chi connectivity index (χ0v) is 39.4. The highest BCUT2D eigenvalue weighted by Gasteiger charge is 2.28.